The number of aromatic nitrogens is 4. The number of rotatable bonds is 6. The molecule has 0 aliphatic carbocycles. The fourth-order valence-corrected chi connectivity index (χ4v) is 2.40. The summed E-state index contributed by atoms with van der Waals surface area (Å²) in [5.74, 6) is -1.26. The summed E-state index contributed by atoms with van der Waals surface area (Å²) in [6.07, 6.45) is -3.55. The van der Waals surface area contributed by atoms with Crippen molar-refractivity contribution in [2.24, 2.45) is 5.73 Å². The van der Waals surface area contributed by atoms with Gasteiger partial charge in [0.25, 0.3) is 0 Å². The van der Waals surface area contributed by atoms with Gasteiger partial charge in [-0.1, -0.05) is 21.9 Å². The van der Waals surface area contributed by atoms with E-state index in [1.807, 2.05) is 0 Å². The highest BCUT2D eigenvalue weighted by atomic mass is 35.5. The van der Waals surface area contributed by atoms with Crippen molar-refractivity contribution in [3.8, 4) is 17.2 Å². The molecule has 1 aromatic carbocycles. The number of nitrogens with two attached hydrogens (primary N) is 1. The molecular formula is C16H14ClF4N5O4. The number of nitrogens with zero attached hydrogens (tertiary/aromatic N) is 4. The van der Waals surface area contributed by atoms with Crippen molar-refractivity contribution in [3.63, 3.8) is 0 Å². The topological polar surface area (TPSA) is 130 Å². The Bertz CT molecular complexity index is 1050. The van der Waals surface area contributed by atoms with Gasteiger partial charge in [0.05, 0.1) is 10.7 Å². The molecule has 0 spiro atoms. The zero-order chi connectivity index (χ0) is 22.3. The van der Waals surface area contributed by atoms with Gasteiger partial charge in [-0.05, 0) is 49.2 Å². The zero-order valence-electron chi connectivity index (χ0n) is 15.0. The molecule has 0 amide bonds. The van der Waals surface area contributed by atoms with Crippen LogP contribution >= 0.6 is 11.6 Å². The van der Waals surface area contributed by atoms with Gasteiger partial charge in [-0.3, -0.25) is 9.32 Å². The summed E-state index contributed by atoms with van der Waals surface area (Å²) >= 11 is 5.78. The highest BCUT2D eigenvalue weighted by Gasteiger charge is 2.25. The van der Waals surface area contributed by atoms with Gasteiger partial charge in [0.2, 0.25) is 12.1 Å². The molecule has 0 aliphatic rings. The molecule has 0 unspecified atom stereocenters. The van der Waals surface area contributed by atoms with Gasteiger partial charge in [-0.25, -0.2) is 18.4 Å². The number of aryl methyl sites for hydroxylation is 1. The first-order valence-electron chi connectivity index (χ1n) is 8.27. The number of carbonyl (C=O) groups excluding carboxylic acids is 1. The smallest absolute Gasteiger partial charge is 0.330 e. The summed E-state index contributed by atoms with van der Waals surface area (Å²) in [6.45, 7) is 0.559. The molecule has 3 rings (SSSR count). The van der Waals surface area contributed by atoms with Gasteiger partial charge in [-0.15, -0.1) is 0 Å². The molecule has 2 heterocycles. The summed E-state index contributed by atoms with van der Waals surface area (Å²) in [5.41, 5.74) is 6.56. The van der Waals surface area contributed by atoms with E-state index in [1.165, 1.54) is 12.1 Å². The standard InChI is InChI=1S/C14H13ClFN5O3.C2HF3O/c15-9-7-8(4-5-10(9)16)21-13(20-23-14(21)22)12-11(18-24-19-12)3-1-2-6-17;3-2(4,5)1-6/h4-5,7H,1-3,6,17H2;1H. The number of alkyl halides is 3. The summed E-state index contributed by atoms with van der Waals surface area (Å²) in [4.78, 5) is 20.7. The number of aldehydes is 1. The zero-order valence-corrected chi connectivity index (χ0v) is 15.8. The van der Waals surface area contributed by atoms with Gasteiger partial charge in [0, 0.05) is 0 Å². The second kappa shape index (κ2) is 10.1. The summed E-state index contributed by atoms with van der Waals surface area (Å²) in [5, 5.41) is 11.2. The minimum Gasteiger partial charge on any atom is -0.330 e. The van der Waals surface area contributed by atoms with E-state index in [-0.39, 0.29) is 16.5 Å². The number of hydrogen-bond acceptors (Lipinski definition) is 8. The molecule has 0 saturated heterocycles. The predicted molar refractivity (Wildman–Crippen MR) is 94.5 cm³/mol. The minimum absolute atomic E-state index is 0.103. The molecule has 0 saturated carbocycles. The quantitative estimate of drug-likeness (QED) is 0.344. The normalized spacial score (nSPS) is 11.1. The monoisotopic (exact) mass is 451 g/mol. The Hall–Kier alpha value is -3.06. The summed E-state index contributed by atoms with van der Waals surface area (Å²) in [7, 11) is 0. The van der Waals surface area contributed by atoms with E-state index in [9.17, 15) is 22.4 Å². The van der Waals surface area contributed by atoms with Gasteiger partial charge in [-0.2, -0.15) is 13.2 Å². The van der Waals surface area contributed by atoms with Crippen LogP contribution in [0.4, 0.5) is 17.6 Å². The van der Waals surface area contributed by atoms with Crippen molar-refractivity contribution in [2.45, 2.75) is 25.4 Å². The van der Waals surface area contributed by atoms with Crippen LogP contribution in [0.25, 0.3) is 17.2 Å². The first-order chi connectivity index (χ1) is 14.2. The largest absolute Gasteiger partial charge is 0.446 e. The fourth-order valence-electron chi connectivity index (χ4n) is 2.23. The lowest BCUT2D eigenvalue weighted by Crippen LogP contribution is -2.14. The Morgan fingerprint density at radius 1 is 1.20 bits per heavy atom. The molecule has 14 heteroatoms. The van der Waals surface area contributed by atoms with Crippen LogP contribution < -0.4 is 11.5 Å². The third-order valence-corrected chi connectivity index (χ3v) is 3.83. The van der Waals surface area contributed by atoms with E-state index in [0.717, 1.165) is 23.5 Å². The Labute approximate surface area is 170 Å². The Balaban J connectivity index is 0.000000469. The molecule has 3 aromatic rings. The molecule has 30 heavy (non-hydrogen) atoms. The van der Waals surface area contributed by atoms with E-state index in [4.69, 9.17) is 31.3 Å². The van der Waals surface area contributed by atoms with Crippen LogP contribution in [0, 0.1) is 5.82 Å². The molecule has 0 atom stereocenters. The van der Waals surface area contributed by atoms with E-state index in [2.05, 4.69) is 15.5 Å². The van der Waals surface area contributed by atoms with Crippen LogP contribution in [0.2, 0.25) is 5.02 Å². The molecule has 162 valence electrons. The molecule has 0 bridgehead atoms. The van der Waals surface area contributed by atoms with E-state index in [1.54, 1.807) is 0 Å². The number of hydrogen-bond donors (Lipinski definition) is 1. The first kappa shape index (κ1) is 23.2. The minimum atomic E-state index is -4.64. The number of benzene rings is 1. The average molecular weight is 452 g/mol. The lowest BCUT2D eigenvalue weighted by Gasteiger charge is -2.04. The van der Waals surface area contributed by atoms with Crippen molar-refractivity contribution in [1.29, 1.82) is 0 Å². The first-order valence-corrected chi connectivity index (χ1v) is 8.64. The maximum Gasteiger partial charge on any atom is 0.446 e. The van der Waals surface area contributed by atoms with Gasteiger partial charge in [0.15, 0.2) is 5.69 Å². The lowest BCUT2D eigenvalue weighted by atomic mass is 10.1. The summed E-state index contributed by atoms with van der Waals surface area (Å²) in [6, 6.07) is 3.82. The molecule has 2 aromatic heterocycles. The van der Waals surface area contributed by atoms with Gasteiger partial charge >= 0.3 is 11.9 Å². The van der Waals surface area contributed by atoms with Crippen LogP contribution in [0.3, 0.4) is 0 Å². The van der Waals surface area contributed by atoms with Crippen molar-refractivity contribution < 1.29 is 31.5 Å². The molecule has 0 radical (unpaired) electrons. The van der Waals surface area contributed by atoms with Gasteiger partial charge < -0.3 is 5.73 Å². The average Bonchev–Trinajstić information content (AvgIpc) is 3.30. The second-order valence-corrected chi connectivity index (χ2v) is 6.08. The fraction of sp³-hybridized carbons (Fsp3) is 0.312. The molecule has 0 aliphatic heterocycles. The SMILES string of the molecule is NCCCCc1nonc1-c1noc(=O)n1-c1ccc(F)c(Cl)c1.O=CC(F)(F)F. The molecule has 0 fully saturated rings. The van der Waals surface area contributed by atoms with Crippen molar-refractivity contribution in [1.82, 2.24) is 20.0 Å². The van der Waals surface area contributed by atoms with Crippen LogP contribution in [-0.2, 0) is 11.2 Å². The number of unbranched alkanes of at least 4 members (excludes halogenated alkanes) is 1. The lowest BCUT2D eigenvalue weighted by molar-refractivity contribution is -0.156. The van der Waals surface area contributed by atoms with E-state index >= 15 is 0 Å². The van der Waals surface area contributed by atoms with Crippen molar-refractivity contribution in [2.75, 3.05) is 6.54 Å². The third-order valence-electron chi connectivity index (χ3n) is 3.54. The maximum atomic E-state index is 13.3. The van der Waals surface area contributed by atoms with Gasteiger partial charge in [0.1, 0.15) is 11.5 Å². The molecule has 2 N–H and O–H groups in total. The highest BCUT2D eigenvalue weighted by molar-refractivity contribution is 6.30. The molecular weight excluding hydrogens is 438 g/mol. The highest BCUT2D eigenvalue weighted by Crippen LogP contribution is 2.24. The third kappa shape index (κ3) is 5.97. The molecule has 9 nitrogen and oxygen atoms in total. The van der Waals surface area contributed by atoms with Crippen LogP contribution in [-0.4, -0.2) is 39.0 Å². The van der Waals surface area contributed by atoms with Crippen LogP contribution in [0.1, 0.15) is 18.5 Å². The number of halogens is 5. The van der Waals surface area contributed by atoms with E-state index < -0.39 is 24.0 Å². The number of carbonyl (C=O) groups is 1. The van der Waals surface area contributed by atoms with E-state index in [0.29, 0.717) is 24.3 Å². The predicted octanol–water partition coefficient (Wildman–Crippen LogP) is 2.70. The second-order valence-electron chi connectivity index (χ2n) is 5.67. The van der Waals surface area contributed by atoms with Crippen LogP contribution in [0.5, 0.6) is 0 Å². The Morgan fingerprint density at radius 2 is 1.90 bits per heavy atom. The Morgan fingerprint density at radius 3 is 2.50 bits per heavy atom. The Kier molecular flexibility index (Phi) is 7.83. The van der Waals surface area contributed by atoms with Crippen molar-refractivity contribution in [3.05, 3.63) is 45.3 Å². The van der Waals surface area contributed by atoms with Crippen LogP contribution in [0.15, 0.2) is 32.1 Å². The maximum absolute atomic E-state index is 13.3. The van der Waals surface area contributed by atoms with Crippen molar-refractivity contribution >= 4 is 17.9 Å². The summed E-state index contributed by atoms with van der Waals surface area (Å²) < 4.78 is 55.2.